The predicted octanol–water partition coefficient (Wildman–Crippen LogP) is 4.01. The molecule has 0 spiro atoms. The number of carbonyl (C=O) groups is 1. The summed E-state index contributed by atoms with van der Waals surface area (Å²) in [6.07, 6.45) is 0.00479. The molecule has 4 saturated carbocycles. The maximum absolute atomic E-state index is 11.7. The lowest BCUT2D eigenvalue weighted by Crippen LogP contribution is -2.61. The largest absolute Gasteiger partial charge is 0.462 e. The van der Waals surface area contributed by atoms with Gasteiger partial charge in [0, 0.05) is 30.1 Å². The summed E-state index contributed by atoms with van der Waals surface area (Å²) < 4.78 is 5.83. The van der Waals surface area contributed by atoms with E-state index in [0.29, 0.717) is 52.6 Å². The fraction of sp³-hybridized carbons (Fsp3) is 0.650. The Bertz CT molecular complexity index is 798. The second-order valence-corrected chi connectivity index (χ2v) is 9.78. The van der Waals surface area contributed by atoms with Gasteiger partial charge in [0.05, 0.1) is 9.82 Å². The van der Waals surface area contributed by atoms with Crippen molar-refractivity contribution in [3.05, 3.63) is 34.4 Å². The van der Waals surface area contributed by atoms with E-state index in [0.717, 1.165) is 4.90 Å². The van der Waals surface area contributed by atoms with Gasteiger partial charge in [-0.05, 0) is 41.6 Å². The number of hydrogen-bond donors (Lipinski definition) is 0. The second kappa shape index (κ2) is 5.47. The molecule has 10 atom stereocenters. The van der Waals surface area contributed by atoms with Gasteiger partial charge in [0.1, 0.15) is 6.10 Å². The van der Waals surface area contributed by atoms with Crippen LogP contribution in [-0.2, 0) is 9.53 Å². The zero-order chi connectivity index (χ0) is 18.3. The van der Waals surface area contributed by atoms with Gasteiger partial charge in [0.25, 0.3) is 5.69 Å². The number of nitrogens with zero attached hydrogens (tertiary/aromatic N) is 1. The zero-order valence-corrected chi connectivity index (χ0v) is 15.9. The van der Waals surface area contributed by atoms with Crippen LogP contribution < -0.4 is 0 Å². The van der Waals surface area contributed by atoms with E-state index in [1.807, 2.05) is 12.1 Å². The van der Waals surface area contributed by atoms with Crippen molar-refractivity contribution in [1.29, 1.82) is 0 Å². The fourth-order valence-electron chi connectivity index (χ4n) is 7.13. The van der Waals surface area contributed by atoms with E-state index in [-0.39, 0.29) is 22.7 Å². The molecule has 0 radical (unpaired) electrons. The van der Waals surface area contributed by atoms with Crippen LogP contribution in [0.15, 0.2) is 29.2 Å². The molecule has 0 heterocycles. The van der Waals surface area contributed by atoms with Crippen molar-refractivity contribution in [3.8, 4) is 0 Å². The highest BCUT2D eigenvalue weighted by atomic mass is 32.2. The third-order valence-electron chi connectivity index (χ3n) is 7.85. The number of nitro groups is 1. The van der Waals surface area contributed by atoms with Crippen LogP contribution in [0.5, 0.6) is 0 Å². The Balaban J connectivity index is 1.48. The first kappa shape index (κ1) is 16.6. The van der Waals surface area contributed by atoms with Gasteiger partial charge in [0.2, 0.25) is 0 Å². The van der Waals surface area contributed by atoms with Crippen LogP contribution in [0.1, 0.15) is 20.8 Å². The number of nitro benzene ring substituents is 1. The van der Waals surface area contributed by atoms with Gasteiger partial charge >= 0.3 is 5.97 Å². The van der Waals surface area contributed by atoms with E-state index >= 15 is 0 Å². The SMILES string of the molecule is CC(=O)OC1C2C(Sc3ccccc3[N+](=O)[O-])C3C4C(C)C(C)C(C14)C23. The normalized spacial score (nSPS) is 46.9. The molecule has 0 saturated heterocycles. The molecular weight excluding hydrogens is 350 g/mol. The number of benzene rings is 1. The Kier molecular flexibility index (Phi) is 3.49. The minimum Gasteiger partial charge on any atom is -0.462 e. The lowest BCUT2D eigenvalue weighted by molar-refractivity contribution is -0.387. The molecule has 1 aromatic rings. The molecule has 0 aliphatic heterocycles. The van der Waals surface area contributed by atoms with Crippen molar-refractivity contribution in [2.24, 2.45) is 47.3 Å². The summed E-state index contributed by atoms with van der Waals surface area (Å²) in [5.41, 5.74) is 0.186. The number of hydrogen-bond acceptors (Lipinski definition) is 5. The molecule has 10 unspecified atom stereocenters. The molecule has 1 aromatic carbocycles. The molecule has 138 valence electrons. The Labute approximate surface area is 157 Å². The highest BCUT2D eigenvalue weighted by Crippen LogP contribution is 2.79. The smallest absolute Gasteiger partial charge is 0.302 e. The summed E-state index contributed by atoms with van der Waals surface area (Å²) in [6, 6.07) is 7.02. The number of thioether (sulfide) groups is 1. The molecular formula is C20H23NO4S. The predicted molar refractivity (Wildman–Crippen MR) is 97.6 cm³/mol. The first-order valence-corrected chi connectivity index (χ1v) is 10.4. The third-order valence-corrected chi connectivity index (χ3v) is 9.35. The molecule has 0 amide bonds. The molecule has 4 bridgehead atoms. The summed E-state index contributed by atoms with van der Waals surface area (Å²) in [6.45, 7) is 6.20. The topological polar surface area (TPSA) is 69.4 Å². The van der Waals surface area contributed by atoms with Gasteiger partial charge < -0.3 is 4.74 Å². The van der Waals surface area contributed by atoms with Crippen LogP contribution in [0.2, 0.25) is 0 Å². The highest BCUT2D eigenvalue weighted by molar-refractivity contribution is 8.00. The van der Waals surface area contributed by atoms with Gasteiger partial charge in [-0.2, -0.15) is 0 Å². The maximum atomic E-state index is 11.7. The van der Waals surface area contributed by atoms with Crippen LogP contribution in [0.3, 0.4) is 0 Å². The van der Waals surface area contributed by atoms with Crippen LogP contribution in [0.4, 0.5) is 5.69 Å². The van der Waals surface area contributed by atoms with E-state index < -0.39 is 0 Å². The van der Waals surface area contributed by atoms with Crippen molar-refractivity contribution in [2.45, 2.75) is 37.0 Å². The molecule has 4 aliphatic rings. The quantitative estimate of drug-likeness (QED) is 0.453. The third kappa shape index (κ3) is 1.91. The standard InChI is InChI=1S/C20H23NO4S/c1-8-9(2)14-16-13(8)15-17(14)20(18(15)19(16)25-10(3)22)26-12-7-5-4-6-11(12)21(23)24/h4-9,13-20H,1-3H3. The number of para-hydroxylation sites is 1. The maximum Gasteiger partial charge on any atom is 0.302 e. The summed E-state index contributed by atoms with van der Waals surface area (Å²) in [5.74, 6) is 4.51. The number of rotatable bonds is 4. The fourth-order valence-corrected chi connectivity index (χ4v) is 8.86. The molecule has 0 aromatic heterocycles. The van der Waals surface area contributed by atoms with Gasteiger partial charge in [-0.25, -0.2) is 0 Å². The van der Waals surface area contributed by atoms with E-state index in [1.165, 1.54) is 6.92 Å². The van der Waals surface area contributed by atoms with Gasteiger partial charge in [-0.1, -0.05) is 26.0 Å². The van der Waals surface area contributed by atoms with Crippen molar-refractivity contribution in [2.75, 3.05) is 0 Å². The van der Waals surface area contributed by atoms with Crippen molar-refractivity contribution >= 4 is 23.4 Å². The summed E-state index contributed by atoms with van der Waals surface area (Å²) in [4.78, 5) is 23.6. The van der Waals surface area contributed by atoms with Crippen molar-refractivity contribution in [1.82, 2.24) is 0 Å². The highest BCUT2D eigenvalue weighted by Gasteiger charge is 2.80. The number of ether oxygens (including phenoxy) is 1. The Hall–Kier alpha value is -1.56. The first-order valence-electron chi connectivity index (χ1n) is 9.49. The van der Waals surface area contributed by atoms with E-state index in [4.69, 9.17) is 4.74 Å². The van der Waals surface area contributed by atoms with Crippen LogP contribution in [0.25, 0.3) is 0 Å². The molecule has 6 heteroatoms. The molecule has 4 aliphatic carbocycles. The molecule has 4 fully saturated rings. The average molecular weight is 373 g/mol. The zero-order valence-electron chi connectivity index (χ0n) is 15.1. The van der Waals surface area contributed by atoms with Crippen LogP contribution in [0, 0.1) is 57.5 Å². The lowest BCUT2D eigenvalue weighted by Gasteiger charge is -2.59. The van der Waals surface area contributed by atoms with Crippen molar-refractivity contribution < 1.29 is 14.5 Å². The van der Waals surface area contributed by atoms with Gasteiger partial charge in [0.15, 0.2) is 0 Å². The minimum atomic E-state index is -0.295. The van der Waals surface area contributed by atoms with E-state index in [1.54, 1.807) is 23.9 Å². The monoisotopic (exact) mass is 373 g/mol. The second-order valence-electron chi connectivity index (χ2n) is 8.56. The van der Waals surface area contributed by atoms with Gasteiger partial charge in [-0.3, -0.25) is 14.9 Å². The Morgan fingerprint density at radius 1 is 1.04 bits per heavy atom. The van der Waals surface area contributed by atoms with Gasteiger partial charge in [-0.15, -0.1) is 11.8 Å². The molecule has 0 N–H and O–H groups in total. The Morgan fingerprint density at radius 2 is 1.69 bits per heavy atom. The Morgan fingerprint density at radius 3 is 2.35 bits per heavy atom. The number of esters is 1. The molecule has 5 rings (SSSR count). The van der Waals surface area contributed by atoms with E-state index in [9.17, 15) is 14.9 Å². The summed E-state index contributed by atoms with van der Waals surface area (Å²) >= 11 is 1.65. The number of carbonyl (C=O) groups excluding carboxylic acids is 1. The van der Waals surface area contributed by atoms with Crippen LogP contribution >= 0.6 is 11.8 Å². The lowest BCUT2D eigenvalue weighted by atomic mass is 9.51. The average Bonchev–Trinajstić information content (AvgIpc) is 3.12. The summed E-state index contributed by atoms with van der Waals surface area (Å²) in [7, 11) is 0. The van der Waals surface area contributed by atoms with Crippen molar-refractivity contribution in [3.63, 3.8) is 0 Å². The molecule has 5 nitrogen and oxygen atoms in total. The first-order chi connectivity index (χ1) is 12.4. The van der Waals surface area contributed by atoms with Crippen LogP contribution in [-0.4, -0.2) is 22.2 Å². The van der Waals surface area contributed by atoms with E-state index in [2.05, 4.69) is 13.8 Å². The summed E-state index contributed by atoms with van der Waals surface area (Å²) in [5, 5.41) is 11.7. The number of fused-ring (bicyclic) bond motifs is 1. The minimum absolute atomic E-state index is 0.00479. The molecule has 26 heavy (non-hydrogen) atoms.